The monoisotopic (exact) mass is 412 g/mol. The summed E-state index contributed by atoms with van der Waals surface area (Å²) in [6.07, 6.45) is 0.195. The highest BCUT2D eigenvalue weighted by Gasteiger charge is 2.13. The van der Waals surface area contributed by atoms with Gasteiger partial charge in [0.2, 0.25) is 0 Å². The molecule has 0 saturated heterocycles. The Morgan fingerprint density at radius 2 is 1.93 bits per heavy atom. The molecule has 0 aliphatic heterocycles. The zero-order valence-corrected chi connectivity index (χ0v) is 17.8. The third kappa shape index (κ3) is 4.74. The van der Waals surface area contributed by atoms with Gasteiger partial charge in [-0.2, -0.15) is 4.99 Å². The van der Waals surface area contributed by atoms with Crippen molar-refractivity contribution in [1.82, 2.24) is 4.57 Å². The van der Waals surface area contributed by atoms with Crippen molar-refractivity contribution < 1.29 is 19.1 Å². The lowest BCUT2D eigenvalue weighted by molar-refractivity contribution is -0.140. The molecule has 0 spiro atoms. The Morgan fingerprint density at radius 1 is 1.14 bits per heavy atom. The summed E-state index contributed by atoms with van der Waals surface area (Å²) in [5, 5.41) is 0. The molecule has 1 aromatic heterocycles. The number of nitrogens with zero attached hydrogens (tertiary/aromatic N) is 2. The Bertz CT molecular complexity index is 1130. The van der Waals surface area contributed by atoms with E-state index in [1.54, 1.807) is 6.07 Å². The fourth-order valence-electron chi connectivity index (χ4n) is 3.12. The number of carbonyl (C=O) groups excluding carboxylic acids is 2. The quantitative estimate of drug-likeness (QED) is 0.574. The topological polar surface area (TPSA) is 69.9 Å². The van der Waals surface area contributed by atoms with Crippen LogP contribution in [0.25, 0.3) is 10.2 Å². The lowest BCUT2D eigenvalue weighted by Crippen LogP contribution is -2.19. The van der Waals surface area contributed by atoms with Crippen LogP contribution in [0.2, 0.25) is 0 Å². The van der Waals surface area contributed by atoms with E-state index in [-0.39, 0.29) is 18.3 Å². The molecule has 7 heteroatoms. The molecule has 3 rings (SSSR count). The molecule has 29 heavy (non-hydrogen) atoms. The first-order chi connectivity index (χ1) is 13.9. The zero-order valence-electron chi connectivity index (χ0n) is 17.0. The molecule has 0 bridgehead atoms. The zero-order chi connectivity index (χ0) is 21.0. The smallest absolute Gasteiger partial charge is 0.307 e. The molecular formula is C22H24N2O4S. The number of thiazole rings is 1. The summed E-state index contributed by atoms with van der Waals surface area (Å²) >= 11 is 1.40. The molecule has 0 N–H and O–H groups in total. The molecule has 0 atom stereocenters. The number of fused-ring (bicyclic) bond motifs is 1. The predicted octanol–water partition coefficient (Wildman–Crippen LogP) is 4.02. The number of rotatable bonds is 6. The van der Waals surface area contributed by atoms with Crippen molar-refractivity contribution in [3.05, 3.63) is 57.9 Å². The van der Waals surface area contributed by atoms with Gasteiger partial charge in [-0.25, -0.2) is 0 Å². The van der Waals surface area contributed by atoms with Gasteiger partial charge < -0.3 is 14.0 Å². The third-order valence-electron chi connectivity index (χ3n) is 4.54. The molecule has 0 aliphatic rings. The van der Waals surface area contributed by atoms with Gasteiger partial charge in [-0.3, -0.25) is 9.59 Å². The second-order valence-electron chi connectivity index (χ2n) is 6.66. The van der Waals surface area contributed by atoms with E-state index >= 15 is 0 Å². The number of hydrogen-bond acceptors (Lipinski definition) is 5. The number of hydrogen-bond donors (Lipinski definition) is 0. The van der Waals surface area contributed by atoms with Crippen LogP contribution in [0.3, 0.4) is 0 Å². The molecular weight excluding hydrogens is 388 g/mol. The van der Waals surface area contributed by atoms with Gasteiger partial charge in [0.25, 0.3) is 5.91 Å². The lowest BCUT2D eigenvalue weighted by atomic mass is 10.1. The van der Waals surface area contributed by atoms with E-state index in [1.165, 1.54) is 18.4 Å². The summed E-state index contributed by atoms with van der Waals surface area (Å²) in [6.45, 7) is 6.77. The first kappa shape index (κ1) is 20.8. The summed E-state index contributed by atoms with van der Waals surface area (Å²) < 4.78 is 13.2. The SMILES string of the molecule is CCOc1ccc2c(c1)sc(=NC(=O)c1ccc(C)cc1C)n2CCC(=O)OC. The van der Waals surface area contributed by atoms with E-state index < -0.39 is 0 Å². The van der Waals surface area contributed by atoms with E-state index in [9.17, 15) is 9.59 Å². The minimum absolute atomic E-state index is 0.195. The minimum Gasteiger partial charge on any atom is -0.494 e. The molecule has 0 unspecified atom stereocenters. The Hall–Kier alpha value is -2.93. The number of aromatic nitrogens is 1. The highest BCUT2D eigenvalue weighted by Crippen LogP contribution is 2.24. The Morgan fingerprint density at radius 3 is 2.62 bits per heavy atom. The van der Waals surface area contributed by atoms with Crippen LogP contribution >= 0.6 is 11.3 Å². The minimum atomic E-state index is -0.311. The predicted molar refractivity (Wildman–Crippen MR) is 113 cm³/mol. The van der Waals surface area contributed by atoms with Gasteiger partial charge in [0.1, 0.15) is 5.75 Å². The van der Waals surface area contributed by atoms with Crippen molar-refractivity contribution in [3.8, 4) is 5.75 Å². The third-order valence-corrected chi connectivity index (χ3v) is 5.58. The summed E-state index contributed by atoms with van der Waals surface area (Å²) in [6, 6.07) is 11.4. The van der Waals surface area contributed by atoms with Gasteiger partial charge in [-0.05, 0) is 50.6 Å². The molecule has 1 amide bonds. The van der Waals surface area contributed by atoms with Crippen molar-refractivity contribution in [2.45, 2.75) is 33.7 Å². The molecule has 0 radical (unpaired) electrons. The average Bonchev–Trinajstić information content (AvgIpc) is 3.02. The largest absolute Gasteiger partial charge is 0.494 e. The molecule has 0 fully saturated rings. The summed E-state index contributed by atoms with van der Waals surface area (Å²) in [7, 11) is 1.36. The average molecular weight is 413 g/mol. The summed E-state index contributed by atoms with van der Waals surface area (Å²) in [4.78, 5) is 29.4. The number of aryl methyl sites for hydroxylation is 3. The van der Waals surface area contributed by atoms with Gasteiger partial charge in [-0.15, -0.1) is 0 Å². The van der Waals surface area contributed by atoms with Gasteiger partial charge >= 0.3 is 5.97 Å². The second-order valence-corrected chi connectivity index (χ2v) is 7.67. The second kappa shape index (κ2) is 9.05. The van der Waals surface area contributed by atoms with E-state index in [1.807, 2.05) is 55.7 Å². The maximum atomic E-state index is 12.8. The van der Waals surface area contributed by atoms with E-state index in [0.29, 0.717) is 23.5 Å². The molecule has 2 aromatic carbocycles. The Kier molecular flexibility index (Phi) is 6.49. The lowest BCUT2D eigenvalue weighted by Gasteiger charge is -2.06. The van der Waals surface area contributed by atoms with Crippen molar-refractivity contribution >= 4 is 33.4 Å². The van der Waals surface area contributed by atoms with Crippen LogP contribution in [0.5, 0.6) is 5.75 Å². The summed E-state index contributed by atoms with van der Waals surface area (Å²) in [5.41, 5.74) is 3.45. The highest BCUT2D eigenvalue weighted by molar-refractivity contribution is 7.16. The number of esters is 1. The Balaban J connectivity index is 2.09. The number of benzene rings is 2. The van der Waals surface area contributed by atoms with Crippen molar-refractivity contribution in [2.24, 2.45) is 4.99 Å². The fraction of sp³-hybridized carbons (Fsp3) is 0.318. The Labute approximate surface area is 173 Å². The van der Waals surface area contributed by atoms with E-state index in [4.69, 9.17) is 9.47 Å². The van der Waals surface area contributed by atoms with E-state index in [0.717, 1.165) is 27.1 Å². The van der Waals surface area contributed by atoms with Gasteiger partial charge in [0.05, 0.1) is 30.4 Å². The van der Waals surface area contributed by atoms with Crippen LogP contribution < -0.4 is 9.54 Å². The van der Waals surface area contributed by atoms with Crippen molar-refractivity contribution in [3.63, 3.8) is 0 Å². The van der Waals surface area contributed by atoms with Crippen LogP contribution in [0, 0.1) is 13.8 Å². The van der Waals surface area contributed by atoms with Gasteiger partial charge in [-0.1, -0.05) is 29.0 Å². The number of amides is 1. The molecule has 1 heterocycles. The molecule has 0 saturated carbocycles. The maximum absolute atomic E-state index is 12.8. The van der Waals surface area contributed by atoms with Gasteiger partial charge in [0.15, 0.2) is 4.80 Å². The standard InChI is InChI=1S/C22H24N2O4S/c1-5-28-16-7-9-18-19(13-16)29-22(24(18)11-10-20(25)27-4)23-21(26)17-8-6-14(2)12-15(17)3/h6-9,12-13H,5,10-11H2,1-4H3. The van der Waals surface area contributed by atoms with Crippen molar-refractivity contribution in [1.29, 1.82) is 0 Å². The summed E-state index contributed by atoms with van der Waals surface area (Å²) in [5.74, 6) is 0.147. The number of ether oxygens (including phenoxy) is 2. The normalized spacial score (nSPS) is 11.7. The number of carbonyl (C=O) groups is 2. The maximum Gasteiger partial charge on any atom is 0.307 e. The van der Waals surface area contributed by atoms with E-state index in [2.05, 4.69) is 4.99 Å². The van der Waals surface area contributed by atoms with Gasteiger partial charge in [0, 0.05) is 12.1 Å². The van der Waals surface area contributed by atoms with Crippen LogP contribution in [0.4, 0.5) is 0 Å². The first-order valence-corrected chi connectivity index (χ1v) is 10.2. The van der Waals surface area contributed by atoms with Crippen molar-refractivity contribution in [2.75, 3.05) is 13.7 Å². The fourth-order valence-corrected chi connectivity index (χ4v) is 4.20. The number of methoxy groups -OCH3 is 1. The molecule has 6 nitrogen and oxygen atoms in total. The molecule has 3 aromatic rings. The highest BCUT2D eigenvalue weighted by atomic mass is 32.1. The van der Waals surface area contributed by atoms with Crippen LogP contribution in [0.1, 0.15) is 34.8 Å². The molecule has 152 valence electrons. The first-order valence-electron chi connectivity index (χ1n) is 9.42. The van der Waals surface area contributed by atoms with Crippen LogP contribution in [-0.4, -0.2) is 30.2 Å². The molecule has 0 aliphatic carbocycles. The van der Waals surface area contributed by atoms with Crippen LogP contribution in [-0.2, 0) is 16.1 Å². The van der Waals surface area contributed by atoms with Crippen LogP contribution in [0.15, 0.2) is 41.4 Å².